The Balaban J connectivity index is -0.000000210. The molecule has 18 heavy (non-hydrogen) atoms. The number of isocyanates is 3. The third kappa shape index (κ3) is 15.0. The highest BCUT2D eigenvalue weighted by Gasteiger charge is 2.24. The summed E-state index contributed by atoms with van der Waals surface area (Å²) in [6, 6.07) is 0. The predicted octanol–water partition coefficient (Wildman–Crippen LogP) is -0.840. The summed E-state index contributed by atoms with van der Waals surface area (Å²) in [6.07, 6.45) is 2.25. The van der Waals surface area contributed by atoms with Gasteiger partial charge < -0.3 is 4.84 Å². The zero-order chi connectivity index (χ0) is 15.0. The van der Waals surface area contributed by atoms with Crippen LogP contribution in [-0.4, -0.2) is 35.8 Å². The highest BCUT2D eigenvalue weighted by molar-refractivity contribution is 6.62. The summed E-state index contributed by atoms with van der Waals surface area (Å²) in [6.45, 7) is 0. The molecule has 4 N–H and O–H groups in total. The zero-order valence-corrected chi connectivity index (χ0v) is 8.34. The van der Waals surface area contributed by atoms with E-state index in [0.29, 0.717) is 0 Å². The van der Waals surface area contributed by atoms with Crippen molar-refractivity contribution in [2.45, 2.75) is 0 Å². The molecule has 0 radical (unpaired) electrons. The average molecular weight is 256 g/mol. The minimum atomic E-state index is -1.06. The monoisotopic (exact) mass is 256 g/mol. The molecule has 0 aromatic rings. The van der Waals surface area contributed by atoms with E-state index < -0.39 is 17.6 Å². The number of carbonyl (C=O) groups is 2. The lowest BCUT2D eigenvalue weighted by molar-refractivity contribution is -0.134. The lowest BCUT2D eigenvalue weighted by atomic mass is 10.4. The summed E-state index contributed by atoms with van der Waals surface area (Å²) in [5.74, 6) is -2.91. The molecule has 0 spiro atoms. The normalized spacial score (nSPS) is 10.3. The Morgan fingerprint density at radius 2 is 1.28 bits per heavy atom. The van der Waals surface area contributed by atoms with Gasteiger partial charge in [-0.2, -0.15) is 0 Å². The van der Waals surface area contributed by atoms with Gasteiger partial charge in [-0.25, -0.2) is 30.6 Å². The number of carbonyl (C=O) groups excluding carboxylic acids is 5. The summed E-state index contributed by atoms with van der Waals surface area (Å²) in [5, 5.41) is 28.2. The number of nitrogens with one attached hydrogen (secondary N) is 4. The molecule has 0 fully saturated rings. The van der Waals surface area contributed by atoms with Crippen LogP contribution in [0.5, 0.6) is 0 Å². The summed E-state index contributed by atoms with van der Waals surface area (Å²) in [5.41, 5.74) is 0. The van der Waals surface area contributed by atoms with Crippen LogP contribution in [-0.2, 0) is 28.8 Å². The molecule has 1 aliphatic heterocycles. The van der Waals surface area contributed by atoms with Crippen LogP contribution in [0.15, 0.2) is 10.4 Å². The van der Waals surface area contributed by atoms with Crippen LogP contribution in [0.4, 0.5) is 0 Å². The first-order chi connectivity index (χ1) is 8.46. The van der Waals surface area contributed by atoms with E-state index in [1.54, 1.807) is 0 Å². The minimum Gasteiger partial charge on any atom is -0.314 e. The fourth-order valence-electron chi connectivity index (χ4n) is 0.282. The van der Waals surface area contributed by atoms with Crippen molar-refractivity contribution in [1.29, 1.82) is 21.6 Å². The maximum Gasteiger partial charge on any atom is 0.344 e. The second-order valence-electron chi connectivity index (χ2n) is 1.54. The van der Waals surface area contributed by atoms with Gasteiger partial charge >= 0.3 is 11.7 Å². The van der Waals surface area contributed by atoms with Crippen LogP contribution in [0.1, 0.15) is 0 Å². The number of nitrogens with zero attached hydrogens (tertiary/aromatic N) is 2. The van der Waals surface area contributed by atoms with E-state index in [0.717, 1.165) is 18.2 Å². The largest absolute Gasteiger partial charge is 0.344 e. The molecule has 0 aromatic heterocycles. The van der Waals surface area contributed by atoms with Gasteiger partial charge in [0.1, 0.15) is 0 Å². The number of rotatable bonds is 0. The van der Waals surface area contributed by atoms with E-state index in [9.17, 15) is 9.59 Å². The Morgan fingerprint density at radius 3 is 1.50 bits per heavy atom. The number of ketones is 1. The highest BCUT2D eigenvalue weighted by atomic mass is 16.7. The summed E-state index contributed by atoms with van der Waals surface area (Å²) in [4.78, 5) is 49.4. The minimum absolute atomic E-state index is 0.750. The number of hydrogen-bond acceptors (Lipinski definition) is 11. The summed E-state index contributed by atoms with van der Waals surface area (Å²) < 4.78 is 0. The third-order valence-corrected chi connectivity index (χ3v) is 0.664. The van der Waals surface area contributed by atoms with E-state index in [1.165, 1.54) is 0 Å². The standard InChI is InChI=1S/C3HN3O3.3CHNO/c4-2-1(7)3(8)5-6-9-2;3*2-1-3/h4H;3*2H. The molecule has 0 aromatic carbocycles. The lowest BCUT2D eigenvalue weighted by Crippen LogP contribution is -2.25. The molecule has 12 nitrogen and oxygen atoms in total. The zero-order valence-electron chi connectivity index (χ0n) is 8.34. The Kier molecular flexibility index (Phi) is 17.8. The van der Waals surface area contributed by atoms with E-state index in [1.807, 2.05) is 0 Å². The Labute approximate surface area is 97.6 Å². The van der Waals surface area contributed by atoms with Gasteiger partial charge in [0.2, 0.25) is 18.2 Å². The van der Waals surface area contributed by atoms with E-state index in [4.69, 9.17) is 36.0 Å². The number of Topliss-reactive ketones (excluding diaryl/α,β-unsaturated/α-hetero) is 1. The molecule has 94 valence electrons. The van der Waals surface area contributed by atoms with Gasteiger partial charge in [0.15, 0.2) is 0 Å². The second kappa shape index (κ2) is 16.0. The molecule has 0 unspecified atom stereocenters. The van der Waals surface area contributed by atoms with Crippen molar-refractivity contribution < 1.29 is 28.8 Å². The smallest absolute Gasteiger partial charge is 0.314 e. The first kappa shape index (κ1) is 20.0. The fourth-order valence-corrected chi connectivity index (χ4v) is 0.282. The van der Waals surface area contributed by atoms with Crippen molar-refractivity contribution in [2.75, 3.05) is 0 Å². The quantitative estimate of drug-likeness (QED) is 0.246. The number of amides is 1. The van der Waals surface area contributed by atoms with Gasteiger partial charge in [0, 0.05) is 5.28 Å². The molecule has 0 saturated carbocycles. The second-order valence-corrected chi connectivity index (χ2v) is 1.54. The van der Waals surface area contributed by atoms with Crippen molar-refractivity contribution in [3.8, 4) is 0 Å². The first-order valence-electron chi connectivity index (χ1n) is 3.33. The van der Waals surface area contributed by atoms with E-state index in [-0.39, 0.29) is 0 Å². The van der Waals surface area contributed by atoms with Crippen LogP contribution in [0, 0.1) is 21.6 Å². The molecule has 0 aliphatic carbocycles. The van der Waals surface area contributed by atoms with Crippen molar-refractivity contribution in [3.05, 3.63) is 0 Å². The summed E-state index contributed by atoms with van der Waals surface area (Å²) >= 11 is 0. The van der Waals surface area contributed by atoms with Gasteiger partial charge in [0.25, 0.3) is 5.90 Å². The third-order valence-electron chi connectivity index (χ3n) is 0.664. The van der Waals surface area contributed by atoms with Crippen LogP contribution >= 0.6 is 0 Å². The van der Waals surface area contributed by atoms with Gasteiger partial charge in [-0.05, 0) is 0 Å². The van der Waals surface area contributed by atoms with Gasteiger partial charge in [-0.15, -0.1) is 0 Å². The molecular formula is C6H4N6O6. The van der Waals surface area contributed by atoms with Crippen LogP contribution in [0.3, 0.4) is 0 Å². The number of hydrogen-bond donors (Lipinski definition) is 4. The van der Waals surface area contributed by atoms with Gasteiger partial charge in [-0.1, -0.05) is 5.11 Å². The van der Waals surface area contributed by atoms with Crippen molar-refractivity contribution in [1.82, 2.24) is 0 Å². The first-order valence-corrected chi connectivity index (χ1v) is 3.33. The molecular weight excluding hydrogens is 252 g/mol. The van der Waals surface area contributed by atoms with Crippen LogP contribution in [0.25, 0.3) is 0 Å². The Bertz CT molecular complexity index is 407. The molecule has 0 saturated heterocycles. The predicted molar refractivity (Wildman–Crippen MR) is 48.9 cm³/mol. The maximum absolute atomic E-state index is 10.3. The van der Waals surface area contributed by atoms with Crippen molar-refractivity contribution >= 4 is 35.8 Å². The Hall–Kier alpha value is -3.45. The maximum atomic E-state index is 10.3. The average Bonchev–Trinajstić information content (AvgIpc) is 2.29. The molecule has 1 amide bonds. The van der Waals surface area contributed by atoms with Gasteiger partial charge in [0.05, 0.1) is 0 Å². The van der Waals surface area contributed by atoms with Crippen LogP contribution < -0.4 is 0 Å². The Morgan fingerprint density at radius 1 is 0.944 bits per heavy atom. The summed E-state index contributed by atoms with van der Waals surface area (Å²) in [7, 11) is 0. The van der Waals surface area contributed by atoms with Crippen molar-refractivity contribution in [3.63, 3.8) is 0 Å². The van der Waals surface area contributed by atoms with E-state index in [2.05, 4.69) is 15.2 Å². The van der Waals surface area contributed by atoms with Crippen molar-refractivity contribution in [2.24, 2.45) is 10.4 Å². The lowest BCUT2D eigenvalue weighted by Gasteiger charge is -1.97. The SMILES string of the molecule is N=C1ON=NC(=O)C1=O.N=C=O.N=C=O.N=C=O. The highest BCUT2D eigenvalue weighted by Crippen LogP contribution is 1.94. The molecule has 1 aliphatic rings. The molecule has 0 atom stereocenters. The van der Waals surface area contributed by atoms with Crippen LogP contribution in [0.2, 0.25) is 0 Å². The molecule has 1 heterocycles. The van der Waals surface area contributed by atoms with E-state index >= 15 is 0 Å². The van der Waals surface area contributed by atoms with Gasteiger partial charge in [-0.3, -0.25) is 15.0 Å². The molecule has 0 bridgehead atoms. The molecule has 1 rings (SSSR count). The topological polar surface area (TPSA) is 215 Å². The fraction of sp³-hybridized carbons (Fsp3) is 0. The molecule has 12 heteroatoms.